The molecule has 1 atom stereocenters. The molecule has 0 aromatic heterocycles. The Labute approximate surface area is 109 Å². The summed E-state index contributed by atoms with van der Waals surface area (Å²) >= 11 is 1.83. The van der Waals surface area contributed by atoms with E-state index >= 15 is 0 Å². The van der Waals surface area contributed by atoms with Crippen LogP contribution < -0.4 is 5.32 Å². The summed E-state index contributed by atoms with van der Waals surface area (Å²) in [4.78, 5) is 12.2. The fourth-order valence-electron chi connectivity index (χ4n) is 2.13. The van der Waals surface area contributed by atoms with E-state index in [2.05, 4.69) is 33.0 Å². The highest BCUT2D eigenvalue weighted by molar-refractivity contribution is 7.99. The highest BCUT2D eigenvalue weighted by Crippen LogP contribution is 2.43. The Bertz CT molecular complexity index is 264. The second kappa shape index (κ2) is 6.10. The van der Waals surface area contributed by atoms with Gasteiger partial charge in [0, 0.05) is 11.8 Å². The lowest BCUT2D eigenvalue weighted by atomic mass is 9.94. The molecule has 1 rings (SSSR count). The highest BCUT2D eigenvalue weighted by Gasteiger charge is 2.52. The van der Waals surface area contributed by atoms with E-state index in [-0.39, 0.29) is 5.97 Å². The fraction of sp³-hybridized carbons (Fsp3) is 0.923. The van der Waals surface area contributed by atoms with Crippen molar-refractivity contribution in [1.82, 2.24) is 5.32 Å². The minimum Gasteiger partial charge on any atom is -0.468 e. The van der Waals surface area contributed by atoms with E-state index in [0.29, 0.717) is 17.2 Å². The van der Waals surface area contributed by atoms with E-state index in [9.17, 15) is 4.79 Å². The molecule has 0 heterocycles. The van der Waals surface area contributed by atoms with E-state index < -0.39 is 5.54 Å². The SMILES string of the molecule is COC(=O)C(CSC(C)C)(NC(C)C)C1CC1. The predicted molar refractivity (Wildman–Crippen MR) is 73.3 cm³/mol. The molecule has 0 amide bonds. The summed E-state index contributed by atoms with van der Waals surface area (Å²) in [5, 5.41) is 4.00. The van der Waals surface area contributed by atoms with Gasteiger partial charge in [0.05, 0.1) is 7.11 Å². The maximum atomic E-state index is 12.2. The van der Waals surface area contributed by atoms with Gasteiger partial charge in [0.1, 0.15) is 5.54 Å². The number of ether oxygens (including phenoxy) is 1. The quantitative estimate of drug-likeness (QED) is 0.713. The number of hydrogen-bond acceptors (Lipinski definition) is 4. The van der Waals surface area contributed by atoms with Crippen molar-refractivity contribution >= 4 is 17.7 Å². The van der Waals surface area contributed by atoms with Crippen LogP contribution in [0.1, 0.15) is 40.5 Å². The summed E-state index contributed by atoms with van der Waals surface area (Å²) in [6.45, 7) is 8.49. The van der Waals surface area contributed by atoms with Crippen LogP contribution >= 0.6 is 11.8 Å². The van der Waals surface area contributed by atoms with Crippen molar-refractivity contribution in [3.8, 4) is 0 Å². The Morgan fingerprint density at radius 3 is 2.35 bits per heavy atom. The summed E-state index contributed by atoms with van der Waals surface area (Å²) < 4.78 is 5.04. The zero-order valence-corrected chi connectivity index (χ0v) is 12.4. The van der Waals surface area contributed by atoms with Crippen molar-refractivity contribution in [1.29, 1.82) is 0 Å². The average molecular weight is 259 g/mol. The lowest BCUT2D eigenvalue weighted by Gasteiger charge is -2.34. The minimum atomic E-state index is -0.474. The average Bonchev–Trinajstić information content (AvgIpc) is 3.06. The van der Waals surface area contributed by atoms with Gasteiger partial charge in [-0.25, -0.2) is 0 Å². The summed E-state index contributed by atoms with van der Waals surface area (Å²) in [5.41, 5.74) is -0.474. The summed E-state index contributed by atoms with van der Waals surface area (Å²) in [7, 11) is 1.49. The van der Waals surface area contributed by atoms with Crippen LogP contribution in [0.4, 0.5) is 0 Å². The third-order valence-electron chi connectivity index (χ3n) is 3.01. The van der Waals surface area contributed by atoms with E-state index in [0.717, 1.165) is 18.6 Å². The topological polar surface area (TPSA) is 38.3 Å². The van der Waals surface area contributed by atoms with Gasteiger partial charge in [0.15, 0.2) is 0 Å². The van der Waals surface area contributed by atoms with Crippen molar-refractivity contribution < 1.29 is 9.53 Å². The molecule has 0 radical (unpaired) electrons. The van der Waals surface area contributed by atoms with Gasteiger partial charge in [-0.2, -0.15) is 11.8 Å². The van der Waals surface area contributed by atoms with Crippen molar-refractivity contribution in [2.45, 2.75) is 57.4 Å². The van der Waals surface area contributed by atoms with Gasteiger partial charge in [0.2, 0.25) is 0 Å². The Balaban J connectivity index is 2.81. The van der Waals surface area contributed by atoms with Crippen LogP contribution in [0, 0.1) is 5.92 Å². The largest absolute Gasteiger partial charge is 0.468 e. The third kappa shape index (κ3) is 3.88. The Kier molecular flexibility index (Phi) is 5.32. The molecule has 1 aliphatic carbocycles. The van der Waals surface area contributed by atoms with Crippen LogP contribution in [-0.2, 0) is 9.53 Å². The molecule has 1 unspecified atom stereocenters. The van der Waals surface area contributed by atoms with E-state index in [1.165, 1.54) is 7.11 Å². The van der Waals surface area contributed by atoms with Crippen molar-refractivity contribution in [3.05, 3.63) is 0 Å². The van der Waals surface area contributed by atoms with Gasteiger partial charge in [-0.3, -0.25) is 10.1 Å². The predicted octanol–water partition coefficient (Wildman–Crippen LogP) is 2.45. The Morgan fingerprint density at radius 2 is 2.00 bits per heavy atom. The van der Waals surface area contributed by atoms with Gasteiger partial charge >= 0.3 is 5.97 Å². The third-order valence-corrected chi connectivity index (χ3v) is 4.30. The summed E-state index contributed by atoms with van der Waals surface area (Å²) in [5.74, 6) is 1.16. The molecular weight excluding hydrogens is 234 g/mol. The molecule has 0 aliphatic heterocycles. The molecule has 1 saturated carbocycles. The first-order valence-electron chi connectivity index (χ1n) is 6.40. The van der Waals surface area contributed by atoms with E-state index in [1.54, 1.807) is 0 Å². The van der Waals surface area contributed by atoms with Crippen LogP contribution in [0.5, 0.6) is 0 Å². The molecule has 1 fully saturated rings. The minimum absolute atomic E-state index is 0.0955. The molecule has 1 N–H and O–H groups in total. The molecule has 0 bridgehead atoms. The lowest BCUT2D eigenvalue weighted by molar-refractivity contribution is -0.148. The van der Waals surface area contributed by atoms with Crippen LogP contribution in [0.2, 0.25) is 0 Å². The molecule has 17 heavy (non-hydrogen) atoms. The number of esters is 1. The van der Waals surface area contributed by atoms with Crippen molar-refractivity contribution in [3.63, 3.8) is 0 Å². The first kappa shape index (κ1) is 14.8. The standard InChI is InChI=1S/C13H25NO2S/c1-9(2)14-13(11-6-7-11,12(15)16-5)8-17-10(3)4/h9-11,14H,6-8H2,1-5H3. The zero-order valence-electron chi connectivity index (χ0n) is 11.6. The molecule has 1 aliphatic rings. The number of carbonyl (C=O) groups excluding carboxylic acids is 1. The molecule has 0 aromatic rings. The molecular formula is C13H25NO2S. The molecule has 0 spiro atoms. The van der Waals surface area contributed by atoms with Crippen LogP contribution in [-0.4, -0.2) is 35.7 Å². The fourth-order valence-corrected chi connectivity index (χ4v) is 3.17. The number of methoxy groups -OCH3 is 1. The monoisotopic (exact) mass is 259 g/mol. The number of rotatable bonds is 7. The molecule has 3 nitrogen and oxygen atoms in total. The number of thioether (sulfide) groups is 1. The number of hydrogen-bond donors (Lipinski definition) is 1. The molecule has 0 saturated heterocycles. The van der Waals surface area contributed by atoms with Crippen LogP contribution in [0.25, 0.3) is 0 Å². The van der Waals surface area contributed by atoms with Gasteiger partial charge in [-0.1, -0.05) is 13.8 Å². The maximum absolute atomic E-state index is 12.2. The van der Waals surface area contributed by atoms with Crippen molar-refractivity contribution in [2.24, 2.45) is 5.92 Å². The lowest BCUT2D eigenvalue weighted by Crippen LogP contribution is -2.59. The molecule has 0 aromatic carbocycles. The first-order chi connectivity index (χ1) is 7.92. The van der Waals surface area contributed by atoms with Crippen LogP contribution in [0.15, 0.2) is 0 Å². The van der Waals surface area contributed by atoms with Gasteiger partial charge in [-0.15, -0.1) is 0 Å². The summed E-state index contributed by atoms with van der Waals surface area (Å²) in [6, 6.07) is 0.294. The van der Waals surface area contributed by atoms with Gasteiger partial charge in [0.25, 0.3) is 0 Å². The number of nitrogens with one attached hydrogen (secondary N) is 1. The van der Waals surface area contributed by atoms with E-state index in [1.807, 2.05) is 11.8 Å². The van der Waals surface area contributed by atoms with Crippen molar-refractivity contribution in [2.75, 3.05) is 12.9 Å². The highest BCUT2D eigenvalue weighted by atomic mass is 32.2. The molecule has 4 heteroatoms. The second-order valence-electron chi connectivity index (χ2n) is 5.40. The normalized spacial score (nSPS) is 19.5. The van der Waals surface area contributed by atoms with Crippen LogP contribution in [0.3, 0.4) is 0 Å². The van der Waals surface area contributed by atoms with Gasteiger partial charge in [-0.05, 0) is 37.9 Å². The zero-order chi connectivity index (χ0) is 13.1. The Hall–Kier alpha value is -0.220. The Morgan fingerprint density at radius 1 is 1.41 bits per heavy atom. The first-order valence-corrected chi connectivity index (χ1v) is 7.45. The maximum Gasteiger partial charge on any atom is 0.327 e. The smallest absolute Gasteiger partial charge is 0.327 e. The second-order valence-corrected chi connectivity index (χ2v) is 6.96. The van der Waals surface area contributed by atoms with E-state index in [4.69, 9.17) is 4.74 Å². The number of carbonyl (C=O) groups is 1. The van der Waals surface area contributed by atoms with Gasteiger partial charge < -0.3 is 4.74 Å². The summed E-state index contributed by atoms with van der Waals surface area (Å²) in [6.07, 6.45) is 2.26. The molecule has 100 valence electrons.